The van der Waals surface area contributed by atoms with Gasteiger partial charge in [0, 0.05) is 12.8 Å². The van der Waals surface area contributed by atoms with Gasteiger partial charge in [-0.1, -0.05) is 247 Å². The van der Waals surface area contributed by atoms with Gasteiger partial charge in [-0.3, -0.25) is 9.59 Å². The summed E-state index contributed by atoms with van der Waals surface area (Å²) >= 11 is 0. The molecule has 0 aromatic rings. The molecule has 0 fully saturated rings. The molecule has 0 aromatic carbocycles. The Balaban J connectivity index is 3.71. The average molecular weight is 1010 g/mol. The molecular formula is C69H104O5. The quantitative estimate of drug-likeness (QED) is 0.0373. The molecule has 1 atom stereocenters. The van der Waals surface area contributed by atoms with Crippen LogP contribution in [-0.4, -0.2) is 36.4 Å². The normalized spacial score (nSPS) is 13.7. The lowest BCUT2D eigenvalue weighted by atomic mass is 10.1. The first-order valence-electron chi connectivity index (χ1n) is 29.0. The molecule has 0 aliphatic rings. The van der Waals surface area contributed by atoms with Crippen LogP contribution in [0.3, 0.4) is 0 Å². The van der Waals surface area contributed by atoms with Gasteiger partial charge in [0.15, 0.2) is 6.10 Å². The van der Waals surface area contributed by atoms with Gasteiger partial charge in [-0.15, -0.1) is 0 Å². The van der Waals surface area contributed by atoms with Gasteiger partial charge in [-0.05, 0) is 141 Å². The zero-order chi connectivity index (χ0) is 53.4. The van der Waals surface area contributed by atoms with Crippen molar-refractivity contribution in [2.45, 2.75) is 213 Å². The van der Waals surface area contributed by atoms with Crippen LogP contribution in [0.1, 0.15) is 206 Å². The van der Waals surface area contributed by atoms with E-state index in [0.29, 0.717) is 12.8 Å². The fourth-order valence-corrected chi connectivity index (χ4v) is 7.11. The van der Waals surface area contributed by atoms with Crippen molar-refractivity contribution in [2.75, 3.05) is 13.2 Å². The smallest absolute Gasteiger partial charge is 0.306 e. The third-order valence-electron chi connectivity index (χ3n) is 11.4. The number of allylic oxidation sites excluding steroid dienone is 32. The lowest BCUT2D eigenvalue weighted by Crippen LogP contribution is -2.28. The molecule has 0 radical (unpaired) electrons. The van der Waals surface area contributed by atoms with Crippen LogP contribution in [0.25, 0.3) is 0 Å². The average Bonchev–Trinajstić information content (AvgIpc) is 3.40. The Morgan fingerprint density at radius 2 is 0.541 bits per heavy atom. The Morgan fingerprint density at radius 1 is 0.311 bits per heavy atom. The van der Waals surface area contributed by atoms with Crippen molar-refractivity contribution in [1.29, 1.82) is 0 Å². The molecule has 1 unspecified atom stereocenters. The predicted octanol–water partition coefficient (Wildman–Crippen LogP) is 20.1. The Bertz CT molecular complexity index is 1760. The predicted molar refractivity (Wildman–Crippen MR) is 324 cm³/mol. The molecular weight excluding hydrogens is 909 g/mol. The summed E-state index contributed by atoms with van der Waals surface area (Å²) in [5.41, 5.74) is 0. The van der Waals surface area contributed by atoms with E-state index >= 15 is 0 Å². The minimum Gasteiger partial charge on any atom is -0.462 e. The topological polar surface area (TPSA) is 72.8 Å². The highest BCUT2D eigenvalue weighted by Crippen LogP contribution is 2.12. The molecule has 0 spiro atoms. The first kappa shape index (κ1) is 68.7. The number of rotatable bonds is 50. The Hall–Kier alpha value is -5.26. The van der Waals surface area contributed by atoms with Gasteiger partial charge in [0.2, 0.25) is 0 Å². The van der Waals surface area contributed by atoms with Gasteiger partial charge >= 0.3 is 11.9 Å². The number of hydrogen-bond donors (Lipinski definition) is 1. The molecule has 0 amide bonds. The summed E-state index contributed by atoms with van der Waals surface area (Å²) in [4.78, 5) is 24.5. The summed E-state index contributed by atoms with van der Waals surface area (Å²) < 4.78 is 10.7. The van der Waals surface area contributed by atoms with Gasteiger partial charge in [0.05, 0.1) is 6.61 Å². The van der Waals surface area contributed by atoms with Crippen molar-refractivity contribution in [3.8, 4) is 0 Å². The molecule has 5 nitrogen and oxygen atoms in total. The second-order valence-electron chi connectivity index (χ2n) is 18.2. The molecule has 0 bridgehead atoms. The van der Waals surface area contributed by atoms with E-state index in [0.717, 1.165) is 141 Å². The van der Waals surface area contributed by atoms with Gasteiger partial charge < -0.3 is 14.6 Å². The summed E-state index contributed by atoms with van der Waals surface area (Å²) in [6, 6.07) is 0. The molecule has 0 aliphatic carbocycles. The van der Waals surface area contributed by atoms with Gasteiger partial charge in [-0.25, -0.2) is 0 Å². The van der Waals surface area contributed by atoms with Crippen LogP contribution >= 0.6 is 0 Å². The molecule has 74 heavy (non-hydrogen) atoms. The molecule has 0 heterocycles. The Labute approximate surface area is 454 Å². The minimum atomic E-state index is -0.817. The van der Waals surface area contributed by atoms with E-state index in [9.17, 15) is 14.7 Å². The monoisotopic (exact) mass is 1010 g/mol. The number of ether oxygens (including phenoxy) is 2. The van der Waals surface area contributed by atoms with E-state index in [2.05, 4.69) is 208 Å². The van der Waals surface area contributed by atoms with Crippen LogP contribution in [0.2, 0.25) is 0 Å². The molecule has 0 aromatic heterocycles. The van der Waals surface area contributed by atoms with Crippen LogP contribution < -0.4 is 0 Å². The first-order chi connectivity index (χ1) is 36.6. The zero-order valence-electron chi connectivity index (χ0n) is 46.8. The molecule has 0 saturated carbocycles. The maximum atomic E-state index is 12.3. The zero-order valence-corrected chi connectivity index (χ0v) is 46.8. The Morgan fingerprint density at radius 3 is 0.838 bits per heavy atom. The summed E-state index contributed by atoms with van der Waals surface area (Å²) in [7, 11) is 0. The number of esters is 2. The minimum absolute atomic E-state index is 0.103. The number of aliphatic hydroxyl groups excluding tert-OH is 1. The maximum Gasteiger partial charge on any atom is 0.306 e. The van der Waals surface area contributed by atoms with Crippen molar-refractivity contribution in [2.24, 2.45) is 0 Å². The highest BCUT2D eigenvalue weighted by molar-refractivity contribution is 5.70. The number of carbonyl (C=O) groups excluding carboxylic acids is 2. The van der Waals surface area contributed by atoms with Crippen molar-refractivity contribution in [3.63, 3.8) is 0 Å². The van der Waals surface area contributed by atoms with Gasteiger partial charge in [-0.2, -0.15) is 0 Å². The summed E-state index contributed by atoms with van der Waals surface area (Å²) in [5, 5.41) is 9.66. The second kappa shape index (κ2) is 62.0. The fourth-order valence-electron chi connectivity index (χ4n) is 7.11. The van der Waals surface area contributed by atoms with Crippen LogP contribution in [-0.2, 0) is 19.1 Å². The van der Waals surface area contributed by atoms with Crippen LogP contribution in [0.4, 0.5) is 0 Å². The second-order valence-corrected chi connectivity index (χ2v) is 18.2. The first-order valence-corrected chi connectivity index (χ1v) is 29.0. The maximum absolute atomic E-state index is 12.3. The van der Waals surface area contributed by atoms with Crippen molar-refractivity contribution >= 4 is 11.9 Å². The van der Waals surface area contributed by atoms with Crippen LogP contribution in [0.5, 0.6) is 0 Å². The van der Waals surface area contributed by atoms with Crippen LogP contribution in [0.15, 0.2) is 194 Å². The van der Waals surface area contributed by atoms with Crippen LogP contribution in [0, 0.1) is 0 Å². The molecule has 1 N–H and O–H groups in total. The number of aliphatic hydroxyl groups is 1. The molecule has 410 valence electrons. The molecule has 0 aliphatic heterocycles. The Kier molecular flexibility index (Phi) is 57.6. The van der Waals surface area contributed by atoms with Crippen molar-refractivity contribution in [1.82, 2.24) is 0 Å². The summed E-state index contributed by atoms with van der Waals surface area (Å²) in [6.45, 7) is 3.85. The van der Waals surface area contributed by atoms with E-state index in [1.807, 2.05) is 0 Å². The van der Waals surface area contributed by atoms with Crippen molar-refractivity contribution in [3.05, 3.63) is 194 Å². The lowest BCUT2D eigenvalue weighted by molar-refractivity contribution is -0.161. The number of carbonyl (C=O) groups is 2. The van der Waals surface area contributed by atoms with Gasteiger partial charge in [0.25, 0.3) is 0 Å². The summed E-state index contributed by atoms with van der Waals surface area (Å²) in [6.07, 6.45) is 99.6. The third-order valence-corrected chi connectivity index (χ3v) is 11.4. The molecule has 0 rings (SSSR count). The molecule has 5 heteroatoms. The van der Waals surface area contributed by atoms with Crippen molar-refractivity contribution < 1.29 is 24.2 Å². The number of unbranched alkanes of at least 4 members (excludes halogenated alkanes) is 10. The van der Waals surface area contributed by atoms with E-state index in [1.165, 1.54) is 32.1 Å². The van der Waals surface area contributed by atoms with E-state index in [4.69, 9.17) is 9.47 Å². The highest BCUT2D eigenvalue weighted by Gasteiger charge is 2.16. The van der Waals surface area contributed by atoms with Gasteiger partial charge in [0.1, 0.15) is 6.61 Å². The van der Waals surface area contributed by atoms with E-state index in [1.54, 1.807) is 0 Å². The van der Waals surface area contributed by atoms with E-state index < -0.39 is 6.10 Å². The fraction of sp³-hybridized carbons (Fsp3) is 0.507. The van der Waals surface area contributed by atoms with E-state index in [-0.39, 0.29) is 31.6 Å². The standard InChI is InChI=1S/C69H104O5/c1-3-5-7-9-11-13-15-17-19-21-23-25-27-29-31-32-33-34-35-36-38-40-42-44-46-48-50-52-54-56-58-60-62-64-69(72)74-67(65-70)66-73-68(71)63-61-59-57-55-53-51-49-47-45-43-41-39-37-30-28-26-24-22-20-18-16-14-12-10-8-6-4-2/h5-8,11-14,17-20,23-26,29-31,33-34,36-38,41-44,48,50,54,56,67,70H,3-4,9-10,15-16,21-22,27-28,32,35,39-40,45-47,49,51-53,55,57-66H2,1-2H3/b7-5-,8-6-,13-11-,14-12-,19-17-,20-18-,25-23-,26-24-,31-29-,34-33-,37-30-,38-36-,43-41-,44-42-,50-48-,56-54-. The highest BCUT2D eigenvalue weighted by atomic mass is 16.6. The lowest BCUT2D eigenvalue weighted by Gasteiger charge is -2.15. The largest absolute Gasteiger partial charge is 0.462 e. The number of hydrogen-bond acceptors (Lipinski definition) is 5. The summed E-state index contributed by atoms with van der Waals surface area (Å²) in [5.74, 6) is -0.669. The SMILES string of the molecule is CC/C=C\C/C=C\C/C=C\C/C=C\C/C=C\C/C=C\C/C=C\C/C=C\C/C=C\C/C=C\CCCCC(=O)OC(CO)COC(=O)CCCCCCCCCC/C=C\C/C=C\C/C=C\C/C=C\C/C=C\C/C=C\CC. The third kappa shape index (κ3) is 59.3. The molecule has 0 saturated heterocycles.